The summed E-state index contributed by atoms with van der Waals surface area (Å²) in [7, 11) is 1.37. The number of carbonyl (C=O) groups excluding carboxylic acids is 1. The number of hydrogen-bond acceptors (Lipinski definition) is 3. The molecule has 0 fully saturated rings. The Labute approximate surface area is 102 Å². The molecule has 1 rings (SSSR count). The van der Waals surface area contributed by atoms with Gasteiger partial charge in [0.25, 0.3) is 5.91 Å². The van der Waals surface area contributed by atoms with E-state index in [9.17, 15) is 23.7 Å². The lowest BCUT2D eigenvalue weighted by atomic mass is 10.1. The van der Waals surface area contributed by atoms with Crippen LogP contribution in [-0.2, 0) is 0 Å². The minimum absolute atomic E-state index is 0.282. The first-order valence-corrected chi connectivity index (χ1v) is 5.17. The van der Waals surface area contributed by atoms with Crippen molar-refractivity contribution in [2.75, 3.05) is 7.05 Å². The van der Waals surface area contributed by atoms with Crippen LogP contribution in [0, 0.1) is 21.7 Å². The molecule has 0 unspecified atom stereocenters. The summed E-state index contributed by atoms with van der Waals surface area (Å²) in [5.74, 6) is -3.49. The molecule has 0 aliphatic rings. The van der Waals surface area contributed by atoms with Gasteiger partial charge in [0.05, 0.1) is 4.92 Å². The largest absolute Gasteiger partial charge is 0.339 e. The lowest BCUT2D eigenvalue weighted by molar-refractivity contribution is -0.387. The number of nitro benzene ring substituents is 1. The number of nitro groups is 1. The Morgan fingerprint density at radius 3 is 2.39 bits per heavy atom. The van der Waals surface area contributed by atoms with Gasteiger partial charge in [0.2, 0.25) is 5.82 Å². The van der Waals surface area contributed by atoms with Crippen LogP contribution < -0.4 is 0 Å². The van der Waals surface area contributed by atoms with Crippen molar-refractivity contribution in [2.45, 2.75) is 19.9 Å². The van der Waals surface area contributed by atoms with Crippen LogP contribution in [0.3, 0.4) is 0 Å². The SMILES string of the molecule is CC(C)N(C)C(=O)c1c(F)ccc([N+](=O)[O-])c1F. The minimum Gasteiger partial charge on any atom is -0.339 e. The number of benzene rings is 1. The molecule has 7 heteroatoms. The van der Waals surface area contributed by atoms with Gasteiger partial charge in [-0.25, -0.2) is 4.39 Å². The predicted octanol–water partition coefficient (Wildman–Crippen LogP) is 2.35. The normalized spacial score (nSPS) is 10.6. The van der Waals surface area contributed by atoms with Crippen molar-refractivity contribution in [1.29, 1.82) is 0 Å². The second-order valence-electron chi connectivity index (χ2n) is 4.02. The maximum atomic E-state index is 13.7. The van der Waals surface area contributed by atoms with Crippen LogP contribution in [0.25, 0.3) is 0 Å². The maximum absolute atomic E-state index is 13.7. The van der Waals surface area contributed by atoms with Crippen molar-refractivity contribution in [3.63, 3.8) is 0 Å². The van der Waals surface area contributed by atoms with Gasteiger partial charge in [0, 0.05) is 19.2 Å². The molecule has 0 radical (unpaired) electrons. The molecule has 1 amide bonds. The first-order valence-electron chi connectivity index (χ1n) is 5.17. The molecule has 0 aliphatic heterocycles. The van der Waals surface area contributed by atoms with Crippen LogP contribution in [0.2, 0.25) is 0 Å². The zero-order chi connectivity index (χ0) is 14.0. The summed E-state index contributed by atoms with van der Waals surface area (Å²) >= 11 is 0. The van der Waals surface area contributed by atoms with E-state index in [2.05, 4.69) is 0 Å². The van der Waals surface area contributed by atoms with Gasteiger partial charge in [-0.15, -0.1) is 0 Å². The number of hydrogen-bond donors (Lipinski definition) is 0. The van der Waals surface area contributed by atoms with E-state index in [-0.39, 0.29) is 6.04 Å². The van der Waals surface area contributed by atoms with E-state index in [0.29, 0.717) is 12.1 Å². The van der Waals surface area contributed by atoms with Gasteiger partial charge in [0.1, 0.15) is 11.4 Å². The van der Waals surface area contributed by atoms with E-state index in [1.54, 1.807) is 13.8 Å². The molecule has 0 saturated carbocycles. The Balaban J connectivity index is 3.36. The smallest absolute Gasteiger partial charge is 0.305 e. The van der Waals surface area contributed by atoms with Crippen LogP contribution in [0.15, 0.2) is 12.1 Å². The first-order chi connectivity index (χ1) is 8.27. The highest BCUT2D eigenvalue weighted by atomic mass is 19.1. The van der Waals surface area contributed by atoms with Crippen LogP contribution in [0.1, 0.15) is 24.2 Å². The maximum Gasteiger partial charge on any atom is 0.305 e. The highest BCUT2D eigenvalue weighted by molar-refractivity contribution is 5.95. The molecular formula is C11H12F2N2O3. The van der Waals surface area contributed by atoms with Gasteiger partial charge >= 0.3 is 5.69 Å². The molecule has 0 spiro atoms. The van der Waals surface area contributed by atoms with Gasteiger partial charge in [0.15, 0.2) is 0 Å². The standard InChI is InChI=1S/C11H12F2N2O3/c1-6(2)14(3)11(16)9-7(12)4-5-8(10(9)13)15(17)18/h4-6H,1-3H3. The quantitative estimate of drug-likeness (QED) is 0.617. The second-order valence-corrected chi connectivity index (χ2v) is 4.02. The molecule has 0 bridgehead atoms. The topological polar surface area (TPSA) is 63.5 Å². The van der Waals surface area contributed by atoms with Gasteiger partial charge < -0.3 is 4.90 Å². The molecule has 1 aromatic carbocycles. The van der Waals surface area contributed by atoms with Crippen LogP contribution in [0.4, 0.5) is 14.5 Å². The van der Waals surface area contributed by atoms with Crippen molar-refractivity contribution >= 4 is 11.6 Å². The Bertz CT molecular complexity index is 503. The highest BCUT2D eigenvalue weighted by Crippen LogP contribution is 2.24. The molecule has 0 atom stereocenters. The van der Waals surface area contributed by atoms with Gasteiger partial charge in [-0.2, -0.15) is 4.39 Å². The first kappa shape index (κ1) is 14.0. The fourth-order valence-corrected chi connectivity index (χ4v) is 1.29. The molecule has 1 aromatic rings. The minimum atomic E-state index is -1.45. The number of nitrogens with zero attached hydrogens (tertiary/aromatic N) is 2. The Morgan fingerprint density at radius 1 is 1.39 bits per heavy atom. The van der Waals surface area contributed by atoms with E-state index in [1.165, 1.54) is 7.05 Å². The summed E-state index contributed by atoms with van der Waals surface area (Å²) in [4.78, 5) is 22.5. The van der Waals surface area contributed by atoms with Crippen molar-refractivity contribution in [1.82, 2.24) is 4.90 Å². The molecule has 0 aromatic heterocycles. The molecular weight excluding hydrogens is 246 g/mol. The molecule has 0 N–H and O–H groups in total. The fourth-order valence-electron chi connectivity index (χ4n) is 1.29. The molecule has 98 valence electrons. The number of carbonyl (C=O) groups is 1. The third-order valence-corrected chi connectivity index (χ3v) is 2.58. The summed E-state index contributed by atoms with van der Waals surface area (Å²) in [5.41, 5.74) is -1.82. The summed E-state index contributed by atoms with van der Waals surface area (Å²) in [6, 6.07) is 1.12. The second kappa shape index (κ2) is 5.07. The molecule has 0 heterocycles. The summed E-state index contributed by atoms with van der Waals surface area (Å²) < 4.78 is 27.2. The molecule has 18 heavy (non-hydrogen) atoms. The van der Waals surface area contributed by atoms with Crippen LogP contribution in [-0.4, -0.2) is 28.8 Å². The summed E-state index contributed by atoms with van der Waals surface area (Å²) in [6.07, 6.45) is 0. The summed E-state index contributed by atoms with van der Waals surface area (Å²) in [5, 5.41) is 10.5. The fraction of sp³-hybridized carbons (Fsp3) is 0.364. The van der Waals surface area contributed by atoms with E-state index in [0.717, 1.165) is 4.90 Å². The highest BCUT2D eigenvalue weighted by Gasteiger charge is 2.28. The van der Waals surface area contributed by atoms with E-state index in [1.807, 2.05) is 0 Å². The average molecular weight is 258 g/mol. The molecule has 0 aliphatic carbocycles. The predicted molar refractivity (Wildman–Crippen MR) is 60.2 cm³/mol. The molecule has 5 nitrogen and oxygen atoms in total. The third kappa shape index (κ3) is 2.44. The summed E-state index contributed by atoms with van der Waals surface area (Å²) in [6.45, 7) is 3.32. The third-order valence-electron chi connectivity index (χ3n) is 2.58. The number of amides is 1. The van der Waals surface area contributed by atoms with Crippen molar-refractivity contribution in [2.24, 2.45) is 0 Å². The van der Waals surface area contributed by atoms with Crippen LogP contribution >= 0.6 is 0 Å². The Morgan fingerprint density at radius 2 is 1.94 bits per heavy atom. The van der Waals surface area contributed by atoms with Gasteiger partial charge in [-0.05, 0) is 19.9 Å². The lowest BCUT2D eigenvalue weighted by Crippen LogP contribution is -2.34. The van der Waals surface area contributed by atoms with Crippen molar-refractivity contribution < 1.29 is 18.5 Å². The monoisotopic (exact) mass is 258 g/mol. The van der Waals surface area contributed by atoms with E-state index >= 15 is 0 Å². The van der Waals surface area contributed by atoms with E-state index < -0.39 is 33.7 Å². The zero-order valence-electron chi connectivity index (χ0n) is 10.1. The molecule has 0 saturated heterocycles. The van der Waals surface area contributed by atoms with Crippen LogP contribution in [0.5, 0.6) is 0 Å². The number of halogens is 2. The van der Waals surface area contributed by atoms with Crippen molar-refractivity contribution in [3.05, 3.63) is 39.4 Å². The van der Waals surface area contributed by atoms with Gasteiger partial charge in [-0.1, -0.05) is 0 Å². The average Bonchev–Trinajstić information content (AvgIpc) is 2.27. The van der Waals surface area contributed by atoms with Crippen molar-refractivity contribution in [3.8, 4) is 0 Å². The lowest BCUT2D eigenvalue weighted by Gasteiger charge is -2.21. The Hall–Kier alpha value is -2.05. The zero-order valence-corrected chi connectivity index (χ0v) is 10.1. The van der Waals surface area contributed by atoms with Gasteiger partial charge in [-0.3, -0.25) is 14.9 Å². The van der Waals surface area contributed by atoms with E-state index in [4.69, 9.17) is 0 Å². The Kier molecular flexibility index (Phi) is 3.95. The number of rotatable bonds is 3.